The Morgan fingerprint density at radius 2 is 0.494 bits per heavy atom. The third-order valence-corrected chi connectivity index (χ3v) is 16.5. The number of unbranched alkanes of at least 4 members (excludes halogenated alkanes) is 47. The van der Waals surface area contributed by atoms with Gasteiger partial charge in [0, 0.05) is 19.3 Å². The Kier molecular flexibility index (Phi) is 69.1. The number of carbonyl (C=O) groups excluding carboxylic acids is 3. The van der Waals surface area contributed by atoms with Gasteiger partial charge in [0.2, 0.25) is 0 Å². The molecule has 83 heavy (non-hydrogen) atoms. The fourth-order valence-corrected chi connectivity index (χ4v) is 11.0. The number of rotatable bonds is 68. The van der Waals surface area contributed by atoms with Gasteiger partial charge in [0.1, 0.15) is 13.2 Å². The van der Waals surface area contributed by atoms with Crippen LogP contribution in [0.3, 0.4) is 0 Å². The average molecular weight is 1160 g/mol. The van der Waals surface area contributed by atoms with Crippen molar-refractivity contribution in [1.29, 1.82) is 0 Å². The monoisotopic (exact) mass is 1160 g/mol. The molecular formula is C77H140O6. The van der Waals surface area contributed by atoms with Gasteiger partial charge < -0.3 is 14.2 Å². The van der Waals surface area contributed by atoms with Crippen LogP contribution in [0.25, 0.3) is 0 Å². The Balaban J connectivity index is 4.10. The SMILES string of the molecule is CC/C=C\C/C=C\C/C=C\C/C=C\CCCCCCCCCCCCCCCCCCCCC(=O)OCC(COC(=O)CCCCCCC/C=C\CCC)OC(=O)CCCCCCCCCCCCCCCCCCCCCCCCCC. The Morgan fingerprint density at radius 1 is 0.253 bits per heavy atom. The summed E-state index contributed by atoms with van der Waals surface area (Å²) in [5.41, 5.74) is 0. The van der Waals surface area contributed by atoms with E-state index in [1.807, 2.05) is 0 Å². The largest absolute Gasteiger partial charge is 0.462 e. The zero-order valence-electron chi connectivity index (χ0n) is 55.7. The summed E-state index contributed by atoms with van der Waals surface area (Å²) >= 11 is 0. The molecule has 1 unspecified atom stereocenters. The first-order valence-corrected chi connectivity index (χ1v) is 36.8. The van der Waals surface area contributed by atoms with Crippen molar-refractivity contribution < 1.29 is 28.6 Å². The summed E-state index contributed by atoms with van der Waals surface area (Å²) in [5.74, 6) is -0.855. The maximum Gasteiger partial charge on any atom is 0.306 e. The van der Waals surface area contributed by atoms with Gasteiger partial charge in [0.15, 0.2) is 6.10 Å². The zero-order valence-corrected chi connectivity index (χ0v) is 55.7. The van der Waals surface area contributed by atoms with E-state index in [4.69, 9.17) is 14.2 Å². The second kappa shape index (κ2) is 71.6. The Labute approximate surface area is 517 Å². The van der Waals surface area contributed by atoms with Crippen LogP contribution in [-0.4, -0.2) is 37.2 Å². The fourth-order valence-electron chi connectivity index (χ4n) is 11.0. The van der Waals surface area contributed by atoms with E-state index in [2.05, 4.69) is 81.5 Å². The molecule has 0 aliphatic rings. The predicted octanol–water partition coefficient (Wildman–Crippen LogP) is 25.5. The van der Waals surface area contributed by atoms with E-state index in [9.17, 15) is 14.4 Å². The van der Waals surface area contributed by atoms with Gasteiger partial charge in [0.05, 0.1) is 0 Å². The molecule has 0 N–H and O–H groups in total. The van der Waals surface area contributed by atoms with Gasteiger partial charge in [-0.25, -0.2) is 0 Å². The van der Waals surface area contributed by atoms with E-state index in [-0.39, 0.29) is 31.1 Å². The molecule has 6 nitrogen and oxygen atoms in total. The minimum atomic E-state index is -0.774. The smallest absolute Gasteiger partial charge is 0.306 e. The number of allylic oxidation sites excluding steroid dienone is 10. The molecule has 0 aromatic heterocycles. The number of hydrogen-bond donors (Lipinski definition) is 0. The van der Waals surface area contributed by atoms with Crippen LogP contribution >= 0.6 is 0 Å². The summed E-state index contributed by atoms with van der Waals surface area (Å²) in [5, 5.41) is 0. The molecule has 0 heterocycles. The van der Waals surface area contributed by atoms with Gasteiger partial charge in [-0.3, -0.25) is 14.4 Å². The average Bonchev–Trinajstić information content (AvgIpc) is 3.48. The van der Waals surface area contributed by atoms with Gasteiger partial charge in [-0.15, -0.1) is 0 Å². The van der Waals surface area contributed by atoms with Crippen molar-refractivity contribution >= 4 is 17.9 Å². The molecule has 0 aliphatic heterocycles. The quantitative estimate of drug-likeness (QED) is 0.0261. The van der Waals surface area contributed by atoms with Crippen molar-refractivity contribution in [3.05, 3.63) is 60.8 Å². The molecule has 1 atom stereocenters. The number of ether oxygens (including phenoxy) is 3. The number of hydrogen-bond acceptors (Lipinski definition) is 6. The molecule has 0 aromatic carbocycles. The standard InChI is InChI=1S/C77H140O6/c1-4-7-10-13-16-19-22-24-26-28-30-32-34-36-37-38-39-40-41-42-44-45-47-49-51-53-55-58-61-64-67-70-76(79)82-73-74(72-81-75(78)69-66-63-60-57-21-18-15-12-9-6-3)83-77(80)71-68-65-62-59-56-54-52-50-48-46-43-35-33-31-29-27-25-23-20-17-14-11-8-5-2/h7,10,12,15-16,19,24,26,30,32,74H,4-6,8-9,11,13-14,17-18,20-23,25,27-29,31,33-73H2,1-3H3/b10-7-,15-12-,19-16-,26-24-,32-30-. The summed E-state index contributed by atoms with van der Waals surface area (Å²) in [6, 6.07) is 0. The van der Waals surface area contributed by atoms with Gasteiger partial charge in [-0.1, -0.05) is 358 Å². The van der Waals surface area contributed by atoms with Crippen LogP contribution in [0.5, 0.6) is 0 Å². The second-order valence-corrected chi connectivity index (χ2v) is 24.8. The third kappa shape index (κ3) is 69.8. The lowest BCUT2D eigenvalue weighted by Crippen LogP contribution is -2.30. The van der Waals surface area contributed by atoms with Crippen molar-refractivity contribution in [2.45, 2.75) is 399 Å². The highest BCUT2D eigenvalue weighted by atomic mass is 16.6. The molecule has 0 bridgehead atoms. The van der Waals surface area contributed by atoms with Crippen molar-refractivity contribution in [2.24, 2.45) is 0 Å². The minimum Gasteiger partial charge on any atom is -0.462 e. The van der Waals surface area contributed by atoms with E-state index in [0.29, 0.717) is 19.3 Å². The third-order valence-electron chi connectivity index (χ3n) is 16.5. The first-order valence-electron chi connectivity index (χ1n) is 36.8. The van der Waals surface area contributed by atoms with E-state index in [0.717, 1.165) is 96.3 Å². The lowest BCUT2D eigenvalue weighted by Gasteiger charge is -2.18. The van der Waals surface area contributed by atoms with Crippen molar-refractivity contribution in [3.63, 3.8) is 0 Å². The van der Waals surface area contributed by atoms with E-state index >= 15 is 0 Å². The molecule has 0 saturated carbocycles. The molecule has 0 spiro atoms. The Hall–Kier alpha value is -2.89. The Morgan fingerprint density at radius 3 is 0.795 bits per heavy atom. The molecule has 0 amide bonds. The van der Waals surface area contributed by atoms with E-state index in [1.54, 1.807) is 0 Å². The molecule has 484 valence electrons. The molecule has 0 aliphatic carbocycles. The fraction of sp³-hybridized carbons (Fsp3) is 0.831. The summed E-state index contributed by atoms with van der Waals surface area (Å²) in [6.45, 7) is 6.53. The Bertz CT molecular complexity index is 1470. The topological polar surface area (TPSA) is 78.9 Å². The van der Waals surface area contributed by atoms with Gasteiger partial charge >= 0.3 is 17.9 Å². The van der Waals surface area contributed by atoms with E-state index in [1.165, 1.54) is 257 Å². The van der Waals surface area contributed by atoms with Crippen LogP contribution in [0, 0.1) is 0 Å². The molecule has 0 radical (unpaired) electrons. The van der Waals surface area contributed by atoms with Crippen LogP contribution in [0.1, 0.15) is 393 Å². The maximum absolute atomic E-state index is 12.9. The second-order valence-electron chi connectivity index (χ2n) is 24.8. The number of carbonyl (C=O) groups is 3. The molecule has 0 aromatic rings. The van der Waals surface area contributed by atoms with Crippen LogP contribution in [0.15, 0.2) is 60.8 Å². The highest BCUT2D eigenvalue weighted by Crippen LogP contribution is 2.19. The first kappa shape index (κ1) is 80.1. The van der Waals surface area contributed by atoms with Crippen molar-refractivity contribution in [3.8, 4) is 0 Å². The van der Waals surface area contributed by atoms with Gasteiger partial charge in [0.25, 0.3) is 0 Å². The summed E-state index contributed by atoms with van der Waals surface area (Å²) in [4.78, 5) is 38.4. The van der Waals surface area contributed by atoms with Crippen LogP contribution < -0.4 is 0 Å². The lowest BCUT2D eigenvalue weighted by atomic mass is 10.0. The van der Waals surface area contributed by atoms with Crippen LogP contribution in [0.4, 0.5) is 0 Å². The lowest BCUT2D eigenvalue weighted by molar-refractivity contribution is -0.167. The summed E-state index contributed by atoms with van der Waals surface area (Å²) in [7, 11) is 0. The molecule has 0 fully saturated rings. The molecule has 0 saturated heterocycles. The molecule has 0 rings (SSSR count). The number of esters is 3. The van der Waals surface area contributed by atoms with Crippen LogP contribution in [-0.2, 0) is 28.6 Å². The van der Waals surface area contributed by atoms with E-state index < -0.39 is 6.10 Å². The normalized spacial score (nSPS) is 12.4. The van der Waals surface area contributed by atoms with Crippen molar-refractivity contribution in [1.82, 2.24) is 0 Å². The summed E-state index contributed by atoms with van der Waals surface area (Å²) in [6.07, 6.45) is 92.8. The zero-order chi connectivity index (χ0) is 59.9. The predicted molar refractivity (Wildman–Crippen MR) is 362 cm³/mol. The maximum atomic E-state index is 12.9. The molecule has 6 heteroatoms. The highest BCUT2D eigenvalue weighted by Gasteiger charge is 2.19. The first-order chi connectivity index (χ1) is 41.0. The van der Waals surface area contributed by atoms with Crippen molar-refractivity contribution in [2.75, 3.05) is 13.2 Å². The highest BCUT2D eigenvalue weighted by molar-refractivity contribution is 5.71. The molecular weight excluding hydrogens is 1020 g/mol. The van der Waals surface area contributed by atoms with Gasteiger partial charge in [-0.2, -0.15) is 0 Å². The van der Waals surface area contributed by atoms with Crippen LogP contribution in [0.2, 0.25) is 0 Å². The summed E-state index contributed by atoms with van der Waals surface area (Å²) < 4.78 is 17.0. The minimum absolute atomic E-state index is 0.0708. The van der Waals surface area contributed by atoms with Gasteiger partial charge in [-0.05, 0) is 77.0 Å².